The molecular weight excluding hydrogens is 145 g/mol. The van der Waals surface area contributed by atoms with Crippen LogP contribution in [0.15, 0.2) is 22.3 Å². The molecule has 8 heavy (non-hydrogen) atoms. The Balaban J connectivity index is 2.65. The van der Waals surface area contributed by atoms with Gasteiger partial charge in [-0.3, -0.25) is 0 Å². The van der Waals surface area contributed by atoms with E-state index in [0.717, 1.165) is 5.03 Å². The lowest BCUT2D eigenvalue weighted by atomic mass is 10.4. The number of rotatable bonds is 0. The van der Waals surface area contributed by atoms with E-state index in [4.69, 9.17) is 23.2 Å². The smallest absolute Gasteiger partial charge is 0.102 e. The molecule has 1 aliphatic rings. The lowest BCUT2D eigenvalue weighted by Crippen LogP contribution is -2.13. The second-order valence-electron chi connectivity index (χ2n) is 1.48. The predicted octanol–water partition coefficient (Wildman–Crippen LogP) is 1.79. The number of halogens is 2. The van der Waals surface area contributed by atoms with Crippen molar-refractivity contribution in [2.45, 2.75) is 0 Å². The summed E-state index contributed by atoms with van der Waals surface area (Å²) in [5.41, 5.74) is 0. The van der Waals surface area contributed by atoms with E-state index in [9.17, 15) is 0 Å². The van der Waals surface area contributed by atoms with Crippen molar-refractivity contribution in [2.75, 3.05) is 6.54 Å². The average Bonchev–Trinajstić information content (AvgIpc) is 1.77. The first-order chi connectivity index (χ1) is 3.79. The van der Waals surface area contributed by atoms with Gasteiger partial charge in [-0.1, -0.05) is 23.2 Å². The molecule has 0 saturated carbocycles. The van der Waals surface area contributed by atoms with Gasteiger partial charge < -0.3 is 5.32 Å². The zero-order valence-corrected chi connectivity index (χ0v) is 5.63. The molecule has 1 rings (SSSR count). The van der Waals surface area contributed by atoms with Gasteiger partial charge in [-0.15, -0.1) is 0 Å². The molecule has 0 fully saturated rings. The van der Waals surface area contributed by atoms with Crippen molar-refractivity contribution < 1.29 is 0 Å². The first-order valence-corrected chi connectivity index (χ1v) is 3.00. The fourth-order valence-corrected chi connectivity index (χ4v) is 0.710. The van der Waals surface area contributed by atoms with E-state index in [-0.39, 0.29) is 0 Å². The predicted molar refractivity (Wildman–Crippen MR) is 35.9 cm³/mol. The van der Waals surface area contributed by atoms with Crippen molar-refractivity contribution in [3.05, 3.63) is 22.3 Å². The van der Waals surface area contributed by atoms with Crippen molar-refractivity contribution in [1.29, 1.82) is 0 Å². The number of allylic oxidation sites excluding steroid dienone is 2. The van der Waals surface area contributed by atoms with Crippen LogP contribution >= 0.6 is 23.2 Å². The van der Waals surface area contributed by atoms with Crippen molar-refractivity contribution in [2.24, 2.45) is 0 Å². The van der Waals surface area contributed by atoms with Crippen LogP contribution in [0.3, 0.4) is 0 Å². The molecule has 0 saturated heterocycles. The molecule has 0 spiro atoms. The monoisotopic (exact) mass is 149 g/mol. The summed E-state index contributed by atoms with van der Waals surface area (Å²) in [6.07, 6.45) is 3.51. The molecule has 0 atom stereocenters. The van der Waals surface area contributed by atoms with Crippen molar-refractivity contribution >= 4 is 23.2 Å². The number of hydrogen-bond acceptors (Lipinski definition) is 1. The summed E-state index contributed by atoms with van der Waals surface area (Å²) in [7, 11) is 0. The molecule has 1 N–H and O–H groups in total. The number of hydrogen-bond donors (Lipinski definition) is 1. The van der Waals surface area contributed by atoms with Crippen LogP contribution in [0.4, 0.5) is 0 Å². The molecule has 0 unspecified atom stereocenters. The maximum atomic E-state index is 5.58. The van der Waals surface area contributed by atoms with Crippen LogP contribution in [0, 0.1) is 0 Å². The van der Waals surface area contributed by atoms with Crippen molar-refractivity contribution in [3.63, 3.8) is 0 Å². The van der Waals surface area contributed by atoms with E-state index in [1.807, 2.05) is 0 Å². The second kappa shape index (κ2) is 2.42. The summed E-state index contributed by atoms with van der Waals surface area (Å²) in [6, 6.07) is 0. The summed E-state index contributed by atoms with van der Waals surface area (Å²) >= 11 is 11.1. The maximum absolute atomic E-state index is 5.58. The highest BCUT2D eigenvalue weighted by Gasteiger charge is 1.97. The molecule has 0 amide bonds. The van der Waals surface area contributed by atoms with Crippen LogP contribution in [0.5, 0.6) is 0 Å². The van der Waals surface area contributed by atoms with Gasteiger partial charge in [0, 0.05) is 5.03 Å². The average molecular weight is 150 g/mol. The van der Waals surface area contributed by atoms with Crippen molar-refractivity contribution in [3.8, 4) is 0 Å². The zero-order valence-electron chi connectivity index (χ0n) is 4.12. The number of nitrogens with one attached hydrogen (secondary N) is 1. The Morgan fingerprint density at radius 2 is 2.12 bits per heavy atom. The van der Waals surface area contributed by atoms with Crippen molar-refractivity contribution in [1.82, 2.24) is 5.32 Å². The molecule has 0 aromatic rings. The summed E-state index contributed by atoms with van der Waals surface area (Å²) in [5.74, 6) is 0. The van der Waals surface area contributed by atoms with Gasteiger partial charge in [0.05, 0.1) is 6.54 Å². The largest absolute Gasteiger partial charge is 0.371 e. The third kappa shape index (κ3) is 1.42. The fraction of sp³-hybridized carbons (Fsp3) is 0.200. The first kappa shape index (κ1) is 5.99. The Morgan fingerprint density at radius 1 is 1.38 bits per heavy atom. The van der Waals surface area contributed by atoms with E-state index in [2.05, 4.69) is 5.32 Å². The number of dihydropyridines is 1. The minimum Gasteiger partial charge on any atom is -0.371 e. The molecule has 0 bridgehead atoms. The quantitative estimate of drug-likeness (QED) is 0.519. The molecule has 1 aliphatic heterocycles. The highest BCUT2D eigenvalue weighted by Crippen LogP contribution is 2.08. The van der Waals surface area contributed by atoms with E-state index in [1.165, 1.54) is 0 Å². The van der Waals surface area contributed by atoms with Crippen LogP contribution < -0.4 is 5.32 Å². The van der Waals surface area contributed by atoms with Crippen LogP contribution in [0.25, 0.3) is 0 Å². The van der Waals surface area contributed by atoms with Gasteiger partial charge in [-0.05, 0) is 12.2 Å². The van der Waals surface area contributed by atoms with Crippen LogP contribution in [0.1, 0.15) is 0 Å². The van der Waals surface area contributed by atoms with Crippen LogP contribution in [0.2, 0.25) is 0 Å². The Morgan fingerprint density at radius 3 is 2.50 bits per heavy atom. The molecule has 1 heterocycles. The second-order valence-corrected chi connectivity index (χ2v) is 2.37. The van der Waals surface area contributed by atoms with Crippen LogP contribution in [-0.2, 0) is 0 Å². The molecule has 3 heteroatoms. The van der Waals surface area contributed by atoms with Gasteiger partial charge in [0.1, 0.15) is 5.16 Å². The van der Waals surface area contributed by atoms with E-state index < -0.39 is 0 Å². The Hall–Kier alpha value is -0.140. The normalized spacial score (nSPS) is 18.8. The van der Waals surface area contributed by atoms with E-state index >= 15 is 0 Å². The lowest BCUT2D eigenvalue weighted by molar-refractivity contribution is 0.937. The lowest BCUT2D eigenvalue weighted by Gasteiger charge is -2.06. The van der Waals surface area contributed by atoms with Gasteiger partial charge in [0.2, 0.25) is 0 Å². The highest BCUT2D eigenvalue weighted by atomic mass is 35.5. The molecule has 44 valence electrons. The summed E-state index contributed by atoms with van der Waals surface area (Å²) in [6.45, 7) is 0.650. The third-order valence-corrected chi connectivity index (χ3v) is 1.36. The van der Waals surface area contributed by atoms with Crippen LogP contribution in [-0.4, -0.2) is 6.54 Å². The summed E-state index contributed by atoms with van der Waals surface area (Å²) < 4.78 is 0. The standard InChI is InChI=1S/C5H5Cl2N/c6-4-1-2-5(7)8-3-4/h1-2,8H,3H2. The van der Waals surface area contributed by atoms with E-state index in [1.54, 1.807) is 12.2 Å². The maximum Gasteiger partial charge on any atom is 0.102 e. The highest BCUT2D eigenvalue weighted by molar-refractivity contribution is 6.32. The Labute approximate surface area is 58.0 Å². The Bertz CT molecular complexity index is 131. The van der Waals surface area contributed by atoms with Gasteiger partial charge in [0.25, 0.3) is 0 Å². The minimum absolute atomic E-state index is 0.648. The summed E-state index contributed by atoms with van der Waals surface area (Å²) in [5, 5.41) is 4.29. The molecule has 0 aromatic heterocycles. The van der Waals surface area contributed by atoms with E-state index in [0.29, 0.717) is 11.7 Å². The molecule has 0 aliphatic carbocycles. The Kier molecular flexibility index (Phi) is 1.81. The topological polar surface area (TPSA) is 12.0 Å². The zero-order chi connectivity index (χ0) is 5.98. The molecule has 0 radical (unpaired) electrons. The van der Waals surface area contributed by atoms with Gasteiger partial charge in [-0.2, -0.15) is 0 Å². The van der Waals surface area contributed by atoms with Gasteiger partial charge in [-0.25, -0.2) is 0 Å². The summed E-state index contributed by atoms with van der Waals surface area (Å²) in [4.78, 5) is 0. The first-order valence-electron chi connectivity index (χ1n) is 2.25. The SMILES string of the molecule is ClC1=CC=C(Cl)NC1. The molecule has 1 nitrogen and oxygen atoms in total. The van der Waals surface area contributed by atoms with Gasteiger partial charge in [0.15, 0.2) is 0 Å². The fourth-order valence-electron chi connectivity index (χ4n) is 0.450. The van der Waals surface area contributed by atoms with Gasteiger partial charge >= 0.3 is 0 Å². The minimum atomic E-state index is 0.648. The molecular formula is C5H5Cl2N. The third-order valence-electron chi connectivity index (χ3n) is 0.837. The molecule has 0 aromatic carbocycles.